The standard InChI is InChI=1S/C18H28N2O4S/c1-14-5-6-17(16(9-14)23-4)25(21,22)20-12-18(13-20)8-7-15(11-24-18)10-19(2)3/h5-6,9,15H,7-8,10-13H2,1-4H3. The molecule has 2 fully saturated rings. The smallest absolute Gasteiger partial charge is 0.246 e. The van der Waals surface area contributed by atoms with Crippen LogP contribution in [0.5, 0.6) is 5.75 Å². The summed E-state index contributed by atoms with van der Waals surface area (Å²) in [6.45, 7) is 4.50. The number of aryl methyl sites for hydroxylation is 1. The van der Waals surface area contributed by atoms with E-state index in [2.05, 4.69) is 19.0 Å². The van der Waals surface area contributed by atoms with Crippen LogP contribution in [0.4, 0.5) is 0 Å². The summed E-state index contributed by atoms with van der Waals surface area (Å²) in [6, 6.07) is 5.18. The molecule has 0 aromatic heterocycles. The van der Waals surface area contributed by atoms with Crippen LogP contribution < -0.4 is 4.74 Å². The molecule has 2 heterocycles. The van der Waals surface area contributed by atoms with Crippen LogP contribution in [0.1, 0.15) is 18.4 Å². The molecular formula is C18H28N2O4S. The fourth-order valence-electron chi connectivity index (χ4n) is 3.72. The molecule has 1 aromatic rings. The summed E-state index contributed by atoms with van der Waals surface area (Å²) in [4.78, 5) is 2.41. The second-order valence-corrected chi connectivity index (χ2v) is 9.49. The largest absolute Gasteiger partial charge is 0.495 e. The molecule has 1 spiro atoms. The van der Waals surface area contributed by atoms with E-state index in [1.54, 1.807) is 18.2 Å². The summed E-state index contributed by atoms with van der Waals surface area (Å²) in [5, 5.41) is 0. The fraction of sp³-hybridized carbons (Fsp3) is 0.667. The lowest BCUT2D eigenvalue weighted by atomic mass is 9.84. The van der Waals surface area contributed by atoms with E-state index in [0.717, 1.165) is 24.9 Å². The summed E-state index contributed by atoms with van der Waals surface area (Å²) in [5.41, 5.74) is 0.673. The van der Waals surface area contributed by atoms with E-state index in [1.165, 1.54) is 11.4 Å². The van der Waals surface area contributed by atoms with Crippen LogP contribution >= 0.6 is 0 Å². The maximum Gasteiger partial charge on any atom is 0.246 e. The minimum Gasteiger partial charge on any atom is -0.495 e. The van der Waals surface area contributed by atoms with Gasteiger partial charge in [0.1, 0.15) is 10.6 Å². The van der Waals surface area contributed by atoms with Crippen LogP contribution in [0.3, 0.4) is 0 Å². The molecule has 6 nitrogen and oxygen atoms in total. The van der Waals surface area contributed by atoms with Gasteiger partial charge in [-0.1, -0.05) is 6.07 Å². The van der Waals surface area contributed by atoms with E-state index in [1.807, 2.05) is 6.92 Å². The molecule has 0 N–H and O–H groups in total. The van der Waals surface area contributed by atoms with Crippen LogP contribution in [0.15, 0.2) is 23.1 Å². The van der Waals surface area contributed by atoms with Crippen molar-refractivity contribution in [2.75, 3.05) is 47.4 Å². The number of sulfonamides is 1. The monoisotopic (exact) mass is 368 g/mol. The van der Waals surface area contributed by atoms with Gasteiger partial charge in [-0.05, 0) is 57.5 Å². The van der Waals surface area contributed by atoms with Crippen LogP contribution in [-0.4, -0.2) is 70.7 Å². The molecule has 3 rings (SSSR count). The number of benzene rings is 1. The number of ether oxygens (including phenoxy) is 2. The quantitative estimate of drug-likeness (QED) is 0.792. The first-order chi connectivity index (χ1) is 11.8. The first-order valence-electron chi connectivity index (χ1n) is 8.69. The van der Waals surface area contributed by atoms with Crippen molar-refractivity contribution < 1.29 is 17.9 Å². The highest BCUT2D eigenvalue weighted by Gasteiger charge is 2.51. The van der Waals surface area contributed by atoms with Gasteiger partial charge in [0.15, 0.2) is 0 Å². The van der Waals surface area contributed by atoms with Crippen molar-refractivity contribution in [3.8, 4) is 5.75 Å². The molecule has 0 amide bonds. The molecule has 140 valence electrons. The fourth-order valence-corrected chi connectivity index (χ4v) is 5.45. The molecule has 25 heavy (non-hydrogen) atoms. The molecule has 0 radical (unpaired) electrons. The van der Waals surface area contributed by atoms with Crippen LogP contribution in [0, 0.1) is 12.8 Å². The summed E-state index contributed by atoms with van der Waals surface area (Å²) in [7, 11) is 2.08. The van der Waals surface area contributed by atoms with Gasteiger partial charge in [0.2, 0.25) is 10.0 Å². The minimum absolute atomic E-state index is 0.233. The van der Waals surface area contributed by atoms with E-state index < -0.39 is 10.0 Å². The van der Waals surface area contributed by atoms with Gasteiger partial charge in [-0.3, -0.25) is 0 Å². The molecule has 7 heteroatoms. The van der Waals surface area contributed by atoms with Gasteiger partial charge in [-0.15, -0.1) is 0 Å². The van der Waals surface area contributed by atoms with Crippen molar-refractivity contribution in [2.45, 2.75) is 30.3 Å². The van der Waals surface area contributed by atoms with Crippen LogP contribution in [0.25, 0.3) is 0 Å². The average Bonchev–Trinajstić information content (AvgIpc) is 2.52. The molecular weight excluding hydrogens is 340 g/mol. The Kier molecular flexibility index (Phi) is 5.12. The molecule has 1 atom stereocenters. The molecule has 0 aliphatic carbocycles. The number of nitrogens with zero attached hydrogens (tertiary/aromatic N) is 2. The van der Waals surface area contributed by atoms with E-state index in [9.17, 15) is 8.42 Å². The van der Waals surface area contributed by atoms with E-state index in [0.29, 0.717) is 31.4 Å². The van der Waals surface area contributed by atoms with Gasteiger partial charge >= 0.3 is 0 Å². The Morgan fingerprint density at radius 3 is 2.64 bits per heavy atom. The van der Waals surface area contributed by atoms with Crippen LogP contribution in [-0.2, 0) is 14.8 Å². The molecule has 0 saturated carbocycles. The highest BCUT2D eigenvalue weighted by molar-refractivity contribution is 7.89. The molecule has 2 aliphatic heterocycles. The summed E-state index contributed by atoms with van der Waals surface area (Å²) in [5.74, 6) is 0.931. The third-order valence-electron chi connectivity index (χ3n) is 5.12. The number of hydrogen-bond acceptors (Lipinski definition) is 5. The summed E-state index contributed by atoms with van der Waals surface area (Å²) in [6.07, 6.45) is 2.00. The SMILES string of the molecule is COc1cc(C)ccc1S(=O)(=O)N1CC2(CCC(CN(C)C)CO2)C1. The molecule has 1 aromatic carbocycles. The maximum atomic E-state index is 12.9. The minimum atomic E-state index is -3.55. The van der Waals surface area contributed by atoms with Crippen molar-refractivity contribution in [3.63, 3.8) is 0 Å². The van der Waals surface area contributed by atoms with Gasteiger partial charge in [-0.25, -0.2) is 8.42 Å². The highest BCUT2D eigenvalue weighted by Crippen LogP contribution is 2.40. The second kappa shape index (κ2) is 6.87. The van der Waals surface area contributed by atoms with E-state index >= 15 is 0 Å². The zero-order valence-corrected chi connectivity index (χ0v) is 16.3. The highest BCUT2D eigenvalue weighted by atomic mass is 32.2. The van der Waals surface area contributed by atoms with Gasteiger partial charge in [0.05, 0.1) is 19.3 Å². The third kappa shape index (κ3) is 3.69. The molecule has 1 unspecified atom stereocenters. The Labute approximate surface area is 150 Å². The van der Waals surface area contributed by atoms with Gasteiger partial charge in [0.25, 0.3) is 0 Å². The second-order valence-electron chi connectivity index (χ2n) is 7.59. The van der Waals surface area contributed by atoms with Crippen molar-refractivity contribution >= 4 is 10.0 Å². The van der Waals surface area contributed by atoms with Crippen molar-refractivity contribution in [2.24, 2.45) is 5.92 Å². The zero-order valence-electron chi connectivity index (χ0n) is 15.5. The Bertz CT molecular complexity index is 717. The topological polar surface area (TPSA) is 59.1 Å². The van der Waals surface area contributed by atoms with Crippen LogP contribution in [0.2, 0.25) is 0 Å². The Morgan fingerprint density at radius 1 is 1.36 bits per heavy atom. The van der Waals surface area contributed by atoms with Gasteiger partial charge in [0, 0.05) is 19.6 Å². The lowest BCUT2D eigenvalue weighted by Gasteiger charge is -2.52. The Balaban J connectivity index is 1.66. The summed E-state index contributed by atoms with van der Waals surface area (Å²) >= 11 is 0. The Morgan fingerprint density at radius 2 is 2.08 bits per heavy atom. The van der Waals surface area contributed by atoms with E-state index in [4.69, 9.17) is 9.47 Å². The van der Waals surface area contributed by atoms with Gasteiger partial charge in [-0.2, -0.15) is 4.31 Å². The van der Waals surface area contributed by atoms with E-state index in [-0.39, 0.29) is 10.5 Å². The predicted molar refractivity (Wildman–Crippen MR) is 96.5 cm³/mol. The average molecular weight is 368 g/mol. The number of methoxy groups -OCH3 is 1. The molecule has 2 aliphatic rings. The lowest BCUT2D eigenvalue weighted by Crippen LogP contribution is -2.66. The molecule has 2 saturated heterocycles. The predicted octanol–water partition coefficient (Wildman–Crippen LogP) is 1.73. The molecule has 0 bridgehead atoms. The summed E-state index contributed by atoms with van der Waals surface area (Å²) < 4.78 is 38.7. The van der Waals surface area contributed by atoms with Crippen molar-refractivity contribution in [3.05, 3.63) is 23.8 Å². The normalized spacial score (nSPS) is 23.6. The van der Waals surface area contributed by atoms with Gasteiger partial charge < -0.3 is 14.4 Å². The third-order valence-corrected chi connectivity index (χ3v) is 6.95. The maximum absolute atomic E-state index is 12.9. The number of rotatable bonds is 5. The zero-order chi connectivity index (χ0) is 18.2. The van der Waals surface area contributed by atoms with Crippen molar-refractivity contribution in [1.29, 1.82) is 0 Å². The first kappa shape index (κ1) is 18.6. The first-order valence-corrected chi connectivity index (χ1v) is 10.1. The van der Waals surface area contributed by atoms with Crippen molar-refractivity contribution in [1.82, 2.24) is 9.21 Å². The lowest BCUT2D eigenvalue weighted by molar-refractivity contribution is -0.158. The number of hydrogen-bond donors (Lipinski definition) is 0. The Hall–Kier alpha value is -1.15.